The summed E-state index contributed by atoms with van der Waals surface area (Å²) in [7, 11) is 0.611. The molecule has 7 heteroatoms. The molecule has 0 heterocycles. The highest BCUT2D eigenvalue weighted by atomic mass is 32.2. The molecule has 1 aromatic rings. The van der Waals surface area contributed by atoms with Crippen LogP contribution >= 0.6 is 0 Å². The van der Waals surface area contributed by atoms with Crippen LogP contribution in [-0.4, -0.2) is 36.5 Å². The zero-order chi connectivity index (χ0) is 15.0. The van der Waals surface area contributed by atoms with Gasteiger partial charge >= 0.3 is 6.61 Å². The van der Waals surface area contributed by atoms with Crippen LogP contribution in [0.25, 0.3) is 0 Å². The third kappa shape index (κ3) is 6.29. The van der Waals surface area contributed by atoms with Crippen LogP contribution in [0.15, 0.2) is 18.2 Å². The van der Waals surface area contributed by atoms with Gasteiger partial charge in [0, 0.05) is 29.4 Å². The van der Waals surface area contributed by atoms with Crippen LogP contribution in [-0.2, 0) is 17.3 Å². The van der Waals surface area contributed by atoms with E-state index in [1.165, 1.54) is 13.2 Å². The number of halogens is 2. The molecule has 1 aromatic carbocycles. The summed E-state index contributed by atoms with van der Waals surface area (Å²) >= 11 is 0. The molecular weight excluding hydrogens is 288 g/mol. The Kier molecular flexibility index (Phi) is 7.46. The van der Waals surface area contributed by atoms with E-state index in [2.05, 4.69) is 10.1 Å². The minimum absolute atomic E-state index is 0.0245. The maximum absolute atomic E-state index is 12.3. The second kappa shape index (κ2) is 8.86. The van der Waals surface area contributed by atoms with Crippen molar-refractivity contribution < 1.29 is 22.5 Å². The lowest BCUT2D eigenvalue weighted by Crippen LogP contribution is -2.16. The van der Waals surface area contributed by atoms with Crippen LogP contribution in [0.1, 0.15) is 12.0 Å². The van der Waals surface area contributed by atoms with Gasteiger partial charge in [0.2, 0.25) is 0 Å². The van der Waals surface area contributed by atoms with Crippen LogP contribution in [0, 0.1) is 0 Å². The Labute approximate surface area is 119 Å². The van der Waals surface area contributed by atoms with Gasteiger partial charge in [0.25, 0.3) is 0 Å². The Bertz CT molecular complexity index is 444. The highest BCUT2D eigenvalue weighted by Gasteiger charge is 2.11. The maximum atomic E-state index is 12.3. The van der Waals surface area contributed by atoms with Crippen molar-refractivity contribution in [2.75, 3.05) is 25.7 Å². The molecule has 0 bridgehead atoms. The molecule has 1 atom stereocenters. The van der Waals surface area contributed by atoms with Crippen LogP contribution < -0.4 is 14.8 Å². The normalized spacial score (nSPS) is 12.4. The number of hydrogen-bond donors (Lipinski definition) is 1. The predicted octanol–water partition coefficient (Wildman–Crippen LogP) is 2.15. The number of rotatable bonds is 9. The summed E-state index contributed by atoms with van der Waals surface area (Å²) in [5, 5.41) is 3.16. The Morgan fingerprint density at radius 2 is 2.10 bits per heavy atom. The fourth-order valence-electron chi connectivity index (χ4n) is 1.65. The third-order valence-corrected chi connectivity index (χ3v) is 3.42. The van der Waals surface area contributed by atoms with Crippen molar-refractivity contribution in [1.82, 2.24) is 5.32 Å². The van der Waals surface area contributed by atoms with E-state index in [-0.39, 0.29) is 11.5 Å². The summed E-state index contributed by atoms with van der Waals surface area (Å²) in [4.78, 5) is 0. The van der Waals surface area contributed by atoms with Crippen molar-refractivity contribution >= 4 is 10.8 Å². The second-order valence-corrected chi connectivity index (χ2v) is 5.73. The average Bonchev–Trinajstić information content (AvgIpc) is 2.37. The molecule has 1 N–H and O–H groups in total. The van der Waals surface area contributed by atoms with Gasteiger partial charge < -0.3 is 14.8 Å². The molecule has 0 aliphatic rings. The SMILES string of the molecule is COc1ccc(CNCCCS(C)=O)cc1OC(F)F. The van der Waals surface area contributed by atoms with E-state index < -0.39 is 17.4 Å². The quantitative estimate of drug-likeness (QED) is 0.710. The fraction of sp³-hybridized carbons (Fsp3) is 0.538. The van der Waals surface area contributed by atoms with E-state index in [4.69, 9.17) is 4.74 Å². The topological polar surface area (TPSA) is 47.6 Å². The number of nitrogens with one attached hydrogen (secondary N) is 1. The van der Waals surface area contributed by atoms with E-state index in [0.29, 0.717) is 12.3 Å². The van der Waals surface area contributed by atoms with Crippen molar-refractivity contribution in [3.8, 4) is 11.5 Å². The van der Waals surface area contributed by atoms with Gasteiger partial charge in [-0.1, -0.05) is 6.07 Å². The predicted molar refractivity (Wildman–Crippen MR) is 74.9 cm³/mol. The van der Waals surface area contributed by atoms with Crippen molar-refractivity contribution in [3.05, 3.63) is 23.8 Å². The standard InChI is InChI=1S/C13H19F2NO3S/c1-18-11-5-4-10(8-12(11)19-13(14)15)9-16-6-3-7-20(2)17/h4-5,8,13,16H,3,6-7,9H2,1-2H3. The smallest absolute Gasteiger partial charge is 0.387 e. The molecule has 0 saturated heterocycles. The summed E-state index contributed by atoms with van der Waals surface area (Å²) in [6, 6.07) is 4.90. The summed E-state index contributed by atoms with van der Waals surface area (Å²) in [5.74, 6) is 0.946. The number of benzene rings is 1. The largest absolute Gasteiger partial charge is 0.493 e. The molecule has 0 fully saturated rings. The molecule has 0 radical (unpaired) electrons. The molecule has 0 aromatic heterocycles. The van der Waals surface area contributed by atoms with Gasteiger partial charge in [-0.05, 0) is 30.7 Å². The summed E-state index contributed by atoms with van der Waals surface area (Å²) in [6.07, 6.45) is 2.47. The van der Waals surface area contributed by atoms with Gasteiger partial charge in [0.15, 0.2) is 11.5 Å². The van der Waals surface area contributed by atoms with E-state index in [1.807, 2.05) is 0 Å². The zero-order valence-electron chi connectivity index (χ0n) is 11.5. The van der Waals surface area contributed by atoms with Gasteiger partial charge in [-0.2, -0.15) is 8.78 Å². The van der Waals surface area contributed by atoms with E-state index in [9.17, 15) is 13.0 Å². The summed E-state index contributed by atoms with van der Waals surface area (Å²) in [5.41, 5.74) is 0.819. The van der Waals surface area contributed by atoms with Crippen LogP contribution in [0.3, 0.4) is 0 Å². The van der Waals surface area contributed by atoms with Crippen molar-refractivity contribution in [2.24, 2.45) is 0 Å². The maximum Gasteiger partial charge on any atom is 0.387 e. The summed E-state index contributed by atoms with van der Waals surface area (Å²) in [6.45, 7) is -1.64. The van der Waals surface area contributed by atoms with E-state index in [1.54, 1.807) is 18.4 Å². The first kappa shape index (κ1) is 16.8. The van der Waals surface area contributed by atoms with Crippen molar-refractivity contribution in [3.63, 3.8) is 0 Å². The molecular formula is C13H19F2NO3S. The lowest BCUT2D eigenvalue weighted by Gasteiger charge is -2.12. The van der Waals surface area contributed by atoms with Crippen LogP contribution in [0.2, 0.25) is 0 Å². The number of hydrogen-bond acceptors (Lipinski definition) is 4. The lowest BCUT2D eigenvalue weighted by atomic mass is 10.2. The molecule has 0 aliphatic heterocycles. The number of alkyl halides is 2. The first-order valence-electron chi connectivity index (χ1n) is 6.15. The third-order valence-electron chi connectivity index (χ3n) is 2.56. The molecule has 0 spiro atoms. The number of methoxy groups -OCH3 is 1. The Morgan fingerprint density at radius 3 is 2.70 bits per heavy atom. The van der Waals surface area contributed by atoms with Crippen molar-refractivity contribution in [2.45, 2.75) is 19.6 Å². The van der Waals surface area contributed by atoms with Gasteiger partial charge in [-0.3, -0.25) is 4.21 Å². The summed E-state index contributed by atoms with van der Waals surface area (Å²) < 4.78 is 44.8. The van der Waals surface area contributed by atoms with Gasteiger partial charge in [-0.15, -0.1) is 0 Å². The van der Waals surface area contributed by atoms with Crippen LogP contribution in [0.4, 0.5) is 8.78 Å². The zero-order valence-corrected chi connectivity index (χ0v) is 12.3. The second-order valence-electron chi connectivity index (χ2n) is 4.17. The highest BCUT2D eigenvalue weighted by Crippen LogP contribution is 2.29. The Morgan fingerprint density at radius 1 is 1.35 bits per heavy atom. The molecule has 0 amide bonds. The molecule has 1 unspecified atom stereocenters. The first-order chi connectivity index (χ1) is 9.52. The van der Waals surface area contributed by atoms with Gasteiger partial charge in [0.1, 0.15) is 0 Å². The first-order valence-corrected chi connectivity index (χ1v) is 7.88. The van der Waals surface area contributed by atoms with Gasteiger partial charge in [0.05, 0.1) is 7.11 Å². The molecule has 20 heavy (non-hydrogen) atoms. The minimum Gasteiger partial charge on any atom is -0.493 e. The monoisotopic (exact) mass is 307 g/mol. The molecule has 4 nitrogen and oxygen atoms in total. The Balaban J connectivity index is 2.51. The fourth-order valence-corrected chi connectivity index (χ4v) is 2.20. The number of ether oxygens (including phenoxy) is 2. The van der Waals surface area contributed by atoms with Crippen LogP contribution in [0.5, 0.6) is 11.5 Å². The molecule has 0 aliphatic carbocycles. The lowest BCUT2D eigenvalue weighted by molar-refractivity contribution is -0.0512. The van der Waals surface area contributed by atoms with E-state index in [0.717, 1.165) is 18.5 Å². The molecule has 1 rings (SSSR count). The van der Waals surface area contributed by atoms with E-state index >= 15 is 0 Å². The van der Waals surface area contributed by atoms with Crippen molar-refractivity contribution in [1.29, 1.82) is 0 Å². The molecule has 114 valence electrons. The van der Waals surface area contributed by atoms with Gasteiger partial charge in [-0.25, -0.2) is 0 Å². The molecule has 0 saturated carbocycles. The minimum atomic E-state index is -2.88. The average molecular weight is 307 g/mol. The Hall–Kier alpha value is -1.21. The highest BCUT2D eigenvalue weighted by molar-refractivity contribution is 7.84.